The van der Waals surface area contributed by atoms with Gasteiger partial charge in [0.1, 0.15) is 18.1 Å². The summed E-state index contributed by atoms with van der Waals surface area (Å²) in [7, 11) is 0. The molecule has 9 heteroatoms. The van der Waals surface area contributed by atoms with Crippen molar-refractivity contribution in [1.29, 1.82) is 0 Å². The van der Waals surface area contributed by atoms with Crippen molar-refractivity contribution >= 4 is 11.6 Å². The van der Waals surface area contributed by atoms with Gasteiger partial charge in [-0.05, 0) is 54.3 Å². The molecule has 1 N–H and O–H groups in total. The summed E-state index contributed by atoms with van der Waals surface area (Å²) >= 11 is 0. The van der Waals surface area contributed by atoms with Crippen LogP contribution in [0.4, 0.5) is 0 Å². The van der Waals surface area contributed by atoms with Crippen LogP contribution in [0, 0.1) is 11.3 Å². The zero-order valence-electron chi connectivity index (χ0n) is 24.3. The van der Waals surface area contributed by atoms with Gasteiger partial charge in [0.25, 0.3) is 0 Å². The molecule has 0 amide bonds. The molecule has 0 unspecified atom stereocenters. The number of fused-ring (bicyclic) bond motifs is 4. The van der Waals surface area contributed by atoms with Gasteiger partial charge in [-0.2, -0.15) is 0 Å². The van der Waals surface area contributed by atoms with Crippen LogP contribution in [0.2, 0.25) is 0 Å². The number of phenolic OH excluding ortho intramolecular Hbond substituents is 1. The van der Waals surface area contributed by atoms with Crippen molar-refractivity contribution in [2.45, 2.75) is 45.4 Å². The van der Waals surface area contributed by atoms with E-state index in [1.54, 1.807) is 56.3 Å². The number of nitrogens with zero attached hydrogens (tertiary/aromatic N) is 3. The van der Waals surface area contributed by atoms with Gasteiger partial charge < -0.3 is 9.84 Å². The first-order chi connectivity index (χ1) is 21.2. The first kappa shape index (κ1) is 27.6. The molecule has 3 aliphatic rings. The van der Waals surface area contributed by atoms with Crippen molar-refractivity contribution in [1.82, 2.24) is 13.9 Å². The molecule has 1 aromatic heterocycles. The number of carbonyl (C=O) groups excluding carboxylic acids is 2. The second-order valence-electron chi connectivity index (χ2n) is 11.9. The second-order valence-corrected chi connectivity index (χ2v) is 11.9. The van der Waals surface area contributed by atoms with E-state index >= 15 is 0 Å². The molecular formula is C35H31N3O6. The minimum Gasteiger partial charge on any atom is -0.508 e. The Morgan fingerprint density at radius 2 is 1.64 bits per heavy atom. The van der Waals surface area contributed by atoms with Gasteiger partial charge in [0.2, 0.25) is 0 Å². The smallest absolute Gasteiger partial charge is 0.352 e. The summed E-state index contributed by atoms with van der Waals surface area (Å²) in [6.07, 6.45) is 3.44. The predicted octanol–water partition coefficient (Wildman–Crippen LogP) is 4.47. The summed E-state index contributed by atoms with van der Waals surface area (Å²) in [6, 6.07) is 22.7. The van der Waals surface area contributed by atoms with E-state index in [1.165, 1.54) is 21.5 Å². The first-order valence-electron chi connectivity index (χ1n) is 14.7. The highest BCUT2D eigenvalue weighted by atomic mass is 16.5. The number of phenols is 1. The molecule has 0 saturated heterocycles. The summed E-state index contributed by atoms with van der Waals surface area (Å²) < 4.78 is 9.89. The number of ketones is 2. The molecule has 3 aromatic carbocycles. The molecule has 1 saturated carbocycles. The van der Waals surface area contributed by atoms with Crippen LogP contribution in [0.1, 0.15) is 43.4 Å². The van der Waals surface area contributed by atoms with E-state index in [-0.39, 0.29) is 30.3 Å². The third-order valence-electron chi connectivity index (χ3n) is 9.51. The largest absolute Gasteiger partial charge is 0.508 e. The number of rotatable bonds is 5. The average Bonchev–Trinajstić information content (AvgIpc) is 3.29. The Hall–Kier alpha value is -5.18. The van der Waals surface area contributed by atoms with E-state index in [4.69, 9.17) is 4.74 Å². The van der Waals surface area contributed by atoms with E-state index in [9.17, 15) is 24.3 Å². The Morgan fingerprint density at radius 1 is 0.932 bits per heavy atom. The maximum absolute atomic E-state index is 13.9. The maximum Gasteiger partial charge on any atom is 0.352 e. The lowest BCUT2D eigenvalue weighted by Gasteiger charge is -2.52. The minimum absolute atomic E-state index is 0.0780. The van der Waals surface area contributed by atoms with Gasteiger partial charge in [-0.25, -0.2) is 23.5 Å². The Labute approximate surface area is 252 Å². The van der Waals surface area contributed by atoms with Gasteiger partial charge in [0.15, 0.2) is 11.6 Å². The zero-order valence-corrected chi connectivity index (χ0v) is 24.3. The number of hydrogen-bond acceptors (Lipinski definition) is 6. The molecule has 0 spiro atoms. The van der Waals surface area contributed by atoms with Crippen molar-refractivity contribution in [2.75, 3.05) is 0 Å². The quantitative estimate of drug-likeness (QED) is 0.344. The first-order valence-corrected chi connectivity index (χ1v) is 14.7. The van der Waals surface area contributed by atoms with Crippen LogP contribution in [0.3, 0.4) is 0 Å². The van der Waals surface area contributed by atoms with Crippen molar-refractivity contribution in [3.8, 4) is 17.2 Å². The highest BCUT2D eigenvalue weighted by molar-refractivity contribution is 6.13. The summed E-state index contributed by atoms with van der Waals surface area (Å²) in [5.41, 5.74) is 0.750. The van der Waals surface area contributed by atoms with Crippen LogP contribution in [0.15, 0.2) is 112 Å². The maximum atomic E-state index is 13.9. The van der Waals surface area contributed by atoms with E-state index in [0.29, 0.717) is 29.2 Å². The Bertz CT molecular complexity index is 2000. The van der Waals surface area contributed by atoms with E-state index in [2.05, 4.69) is 0 Å². The third kappa shape index (κ3) is 4.06. The highest BCUT2D eigenvalue weighted by Gasteiger charge is 2.59. The van der Waals surface area contributed by atoms with Crippen LogP contribution in [-0.2, 0) is 22.7 Å². The molecule has 1 fully saturated rings. The predicted molar refractivity (Wildman–Crippen MR) is 163 cm³/mol. The molecule has 44 heavy (non-hydrogen) atoms. The molecule has 2 aliphatic carbocycles. The van der Waals surface area contributed by atoms with Gasteiger partial charge in [-0.1, -0.05) is 67.6 Å². The zero-order chi connectivity index (χ0) is 30.7. The Kier molecular flexibility index (Phi) is 6.42. The third-order valence-corrected chi connectivity index (χ3v) is 9.51. The number of benzene rings is 3. The fourth-order valence-corrected chi connectivity index (χ4v) is 7.28. The summed E-state index contributed by atoms with van der Waals surface area (Å²) in [5, 5.41) is 11.4. The van der Waals surface area contributed by atoms with Gasteiger partial charge in [-0.3, -0.25) is 9.59 Å². The molecule has 2 heterocycles. The Balaban J connectivity index is 1.35. The number of allylic oxidation sites excluding steroid dienone is 4. The Morgan fingerprint density at radius 3 is 2.34 bits per heavy atom. The number of carbonyl (C=O) groups is 2. The van der Waals surface area contributed by atoms with Gasteiger partial charge in [-0.15, -0.1) is 0 Å². The standard InChI is InChI=1S/C35H31N3O6/c1-21-17-30(40)35(2)27(32(21)41)19-28-25(15-16-36-33(42)37(34(43)38(28)36)23-11-7-4-8-12-23)31(35)26-14-13-24(18-29(26)39)44-20-22-9-5-3-6-10-22/h3-15,17-18,27-28,31,39H,16,19-20H2,1-2H3/t27-,28+,31+,35-/m0/s1. The van der Waals surface area contributed by atoms with Crippen LogP contribution in [0.5, 0.6) is 11.5 Å². The topological polar surface area (TPSA) is 113 Å². The second kappa shape index (κ2) is 10.2. The van der Waals surface area contributed by atoms with Crippen LogP contribution >= 0.6 is 0 Å². The summed E-state index contributed by atoms with van der Waals surface area (Å²) in [4.78, 5) is 55.1. The lowest BCUT2D eigenvalue weighted by Crippen LogP contribution is -2.54. The molecule has 4 aromatic rings. The van der Waals surface area contributed by atoms with Crippen LogP contribution in [-0.4, -0.2) is 30.6 Å². The fourth-order valence-electron chi connectivity index (χ4n) is 7.28. The van der Waals surface area contributed by atoms with Crippen molar-refractivity contribution in [2.24, 2.45) is 11.3 Å². The summed E-state index contributed by atoms with van der Waals surface area (Å²) in [6.45, 7) is 3.83. The normalized spacial score (nSPS) is 24.1. The van der Waals surface area contributed by atoms with E-state index in [0.717, 1.165) is 15.7 Å². The van der Waals surface area contributed by atoms with Gasteiger partial charge >= 0.3 is 11.4 Å². The van der Waals surface area contributed by atoms with E-state index in [1.807, 2.05) is 36.4 Å². The minimum atomic E-state index is -1.21. The molecule has 4 atom stereocenters. The lowest BCUT2D eigenvalue weighted by atomic mass is 9.51. The molecular weight excluding hydrogens is 558 g/mol. The number of para-hydroxylation sites is 1. The molecule has 1 aliphatic heterocycles. The molecule has 0 radical (unpaired) electrons. The van der Waals surface area contributed by atoms with Crippen molar-refractivity contribution < 1.29 is 19.4 Å². The van der Waals surface area contributed by atoms with Crippen LogP contribution < -0.4 is 16.1 Å². The number of aromatic nitrogens is 3. The van der Waals surface area contributed by atoms with Gasteiger partial charge in [0.05, 0.1) is 23.7 Å². The molecule has 0 bridgehead atoms. The SMILES string of the molecule is CC1=CC(=O)[C@@]2(C)[C@@H](c3ccc(OCc4ccccc4)cc3O)C3=CCn4c(=O)n(-c5ccccc5)c(=O)n4[C@@H]3C[C@H]2C1=O. The average molecular weight is 590 g/mol. The number of ether oxygens (including phenoxy) is 1. The number of hydrogen-bond donors (Lipinski definition) is 1. The van der Waals surface area contributed by atoms with Crippen molar-refractivity contribution in [3.05, 3.63) is 134 Å². The number of aromatic hydroxyl groups is 1. The monoisotopic (exact) mass is 589 g/mol. The fraction of sp³-hybridized carbons (Fsp3) is 0.257. The highest BCUT2D eigenvalue weighted by Crippen LogP contribution is 2.60. The number of Topliss-reactive ketones (excluding diaryl/α,β-unsaturated/α-hetero) is 1. The van der Waals surface area contributed by atoms with Crippen molar-refractivity contribution in [3.63, 3.8) is 0 Å². The van der Waals surface area contributed by atoms with Gasteiger partial charge in [0, 0.05) is 23.5 Å². The summed E-state index contributed by atoms with van der Waals surface area (Å²) in [5.74, 6) is -1.50. The molecule has 7 rings (SSSR count). The van der Waals surface area contributed by atoms with E-state index < -0.39 is 34.7 Å². The molecule has 222 valence electrons. The molecule has 9 nitrogen and oxygen atoms in total. The lowest BCUT2D eigenvalue weighted by molar-refractivity contribution is -0.139. The van der Waals surface area contributed by atoms with Crippen LogP contribution in [0.25, 0.3) is 5.69 Å².